The minimum absolute atomic E-state index is 0.0775. The minimum atomic E-state index is -1.24. The van der Waals surface area contributed by atoms with E-state index in [9.17, 15) is 14.0 Å². The summed E-state index contributed by atoms with van der Waals surface area (Å²) in [5.41, 5.74) is 0. The van der Waals surface area contributed by atoms with E-state index in [0.29, 0.717) is 13.0 Å². The first-order valence-corrected chi connectivity index (χ1v) is 7.05. The number of halogens is 1. The van der Waals surface area contributed by atoms with Gasteiger partial charge in [0.05, 0.1) is 18.6 Å². The second-order valence-electron chi connectivity index (χ2n) is 4.98. The first-order chi connectivity index (χ1) is 10.5. The Balaban J connectivity index is 1.83. The number of rotatable bonds is 8. The minimum Gasteiger partial charge on any atom is -0.478 e. The second kappa shape index (κ2) is 7.22. The molecule has 0 heterocycles. The molecule has 0 spiro atoms. The molecule has 2 N–H and O–H groups in total. The third-order valence-electron chi connectivity index (χ3n) is 3.28. The van der Waals surface area contributed by atoms with Gasteiger partial charge in [-0.3, -0.25) is 4.79 Å². The Labute approximate surface area is 127 Å². The fraction of sp³-hybridized carbons (Fsp3) is 0.467. The molecule has 0 bridgehead atoms. The molecule has 7 heteroatoms. The van der Waals surface area contributed by atoms with E-state index < -0.39 is 17.9 Å². The molecule has 1 aliphatic carbocycles. The molecule has 3 unspecified atom stereocenters. The van der Waals surface area contributed by atoms with Gasteiger partial charge in [0.25, 0.3) is 0 Å². The molecular weight excluding hydrogens is 293 g/mol. The summed E-state index contributed by atoms with van der Waals surface area (Å²) >= 11 is 0. The van der Waals surface area contributed by atoms with E-state index in [1.54, 1.807) is 0 Å². The molecule has 0 aromatic heterocycles. The monoisotopic (exact) mass is 311 g/mol. The van der Waals surface area contributed by atoms with E-state index in [0.717, 1.165) is 0 Å². The number of benzene rings is 1. The highest BCUT2D eigenvalue weighted by Crippen LogP contribution is 2.33. The van der Waals surface area contributed by atoms with Crippen LogP contribution in [0.1, 0.15) is 13.3 Å². The number of nitrogens with one attached hydrogen (secondary N) is 1. The van der Waals surface area contributed by atoms with Crippen LogP contribution in [0.4, 0.5) is 4.39 Å². The zero-order valence-corrected chi connectivity index (χ0v) is 12.1. The van der Waals surface area contributed by atoms with Crippen LogP contribution >= 0.6 is 0 Å². The van der Waals surface area contributed by atoms with Crippen LogP contribution in [0.3, 0.4) is 0 Å². The van der Waals surface area contributed by atoms with Gasteiger partial charge in [0.2, 0.25) is 12.0 Å². The SMILES string of the molecule is CCOC1CC1C(=O)NCC(Oc1ccc(F)cc1)C(=O)O. The maximum absolute atomic E-state index is 12.8. The molecule has 0 aliphatic heterocycles. The zero-order valence-electron chi connectivity index (χ0n) is 12.1. The van der Waals surface area contributed by atoms with Gasteiger partial charge in [-0.05, 0) is 37.6 Å². The fourth-order valence-electron chi connectivity index (χ4n) is 2.03. The average molecular weight is 311 g/mol. The Hall–Kier alpha value is -2.15. The van der Waals surface area contributed by atoms with Gasteiger partial charge in [0.15, 0.2) is 0 Å². The fourth-order valence-corrected chi connectivity index (χ4v) is 2.03. The van der Waals surface area contributed by atoms with Crippen molar-refractivity contribution < 1.29 is 28.6 Å². The highest BCUT2D eigenvalue weighted by Gasteiger charge is 2.44. The van der Waals surface area contributed by atoms with Gasteiger partial charge in [-0.2, -0.15) is 0 Å². The quantitative estimate of drug-likeness (QED) is 0.753. The lowest BCUT2D eigenvalue weighted by atomic mass is 10.3. The van der Waals surface area contributed by atoms with Crippen molar-refractivity contribution in [2.75, 3.05) is 13.2 Å². The molecule has 1 saturated carbocycles. The van der Waals surface area contributed by atoms with Crippen LogP contribution in [0.5, 0.6) is 5.75 Å². The number of carbonyl (C=O) groups is 2. The predicted molar refractivity (Wildman–Crippen MR) is 75.0 cm³/mol. The molecule has 22 heavy (non-hydrogen) atoms. The Kier molecular flexibility index (Phi) is 5.32. The van der Waals surface area contributed by atoms with Gasteiger partial charge in [-0.15, -0.1) is 0 Å². The molecule has 1 amide bonds. The summed E-state index contributed by atoms with van der Waals surface area (Å²) in [4.78, 5) is 23.0. The van der Waals surface area contributed by atoms with Gasteiger partial charge < -0.3 is 19.9 Å². The second-order valence-corrected chi connectivity index (χ2v) is 4.98. The van der Waals surface area contributed by atoms with Crippen LogP contribution in [0.15, 0.2) is 24.3 Å². The number of carboxylic acid groups (broad SMARTS) is 1. The summed E-state index contributed by atoms with van der Waals surface area (Å²) in [5.74, 6) is -1.89. The number of ether oxygens (including phenoxy) is 2. The van der Waals surface area contributed by atoms with Gasteiger partial charge in [0.1, 0.15) is 11.6 Å². The van der Waals surface area contributed by atoms with Crippen molar-refractivity contribution in [3.05, 3.63) is 30.1 Å². The van der Waals surface area contributed by atoms with Gasteiger partial charge in [-0.1, -0.05) is 0 Å². The van der Waals surface area contributed by atoms with Crippen molar-refractivity contribution in [2.45, 2.75) is 25.6 Å². The molecule has 1 fully saturated rings. The molecule has 1 aromatic carbocycles. The van der Waals surface area contributed by atoms with Crippen molar-refractivity contribution in [2.24, 2.45) is 5.92 Å². The van der Waals surface area contributed by atoms with Crippen LogP contribution in [0, 0.1) is 11.7 Å². The lowest BCUT2D eigenvalue weighted by Crippen LogP contribution is -2.41. The summed E-state index contributed by atoms with van der Waals surface area (Å²) in [6.45, 7) is 2.23. The standard InChI is InChI=1S/C15H18FNO5/c1-2-21-12-7-11(12)14(18)17-8-13(15(19)20)22-10-5-3-9(16)4-6-10/h3-6,11-13H,2,7-8H2,1H3,(H,17,18)(H,19,20). The molecule has 0 radical (unpaired) electrons. The first-order valence-electron chi connectivity index (χ1n) is 7.05. The number of amides is 1. The predicted octanol–water partition coefficient (Wildman–Crippen LogP) is 1.20. The van der Waals surface area contributed by atoms with E-state index in [-0.39, 0.29) is 30.2 Å². The van der Waals surface area contributed by atoms with Crippen molar-refractivity contribution >= 4 is 11.9 Å². The van der Waals surface area contributed by atoms with Crippen LogP contribution < -0.4 is 10.1 Å². The molecular formula is C15H18FNO5. The normalized spacial score (nSPS) is 21.0. The van der Waals surface area contributed by atoms with E-state index in [4.69, 9.17) is 14.6 Å². The topological polar surface area (TPSA) is 84.9 Å². The Morgan fingerprint density at radius 2 is 2.09 bits per heavy atom. The van der Waals surface area contributed by atoms with E-state index >= 15 is 0 Å². The van der Waals surface area contributed by atoms with Gasteiger partial charge in [0, 0.05) is 6.61 Å². The summed E-state index contributed by atoms with van der Waals surface area (Å²) in [5, 5.41) is 11.7. The van der Waals surface area contributed by atoms with Crippen LogP contribution in [0.2, 0.25) is 0 Å². The maximum Gasteiger partial charge on any atom is 0.346 e. The summed E-state index contributed by atoms with van der Waals surface area (Å²) in [6.07, 6.45) is -0.666. The number of carbonyl (C=O) groups excluding carboxylic acids is 1. The lowest BCUT2D eigenvalue weighted by molar-refractivity contribution is -0.145. The third kappa shape index (κ3) is 4.42. The number of carboxylic acids is 1. The third-order valence-corrected chi connectivity index (χ3v) is 3.28. The lowest BCUT2D eigenvalue weighted by Gasteiger charge is -2.16. The Morgan fingerprint density at radius 1 is 1.41 bits per heavy atom. The summed E-state index contributed by atoms with van der Waals surface area (Å²) < 4.78 is 23.3. The summed E-state index contributed by atoms with van der Waals surface area (Å²) in [6, 6.07) is 5.01. The average Bonchev–Trinajstić information content (AvgIpc) is 3.24. The molecule has 1 aliphatic rings. The van der Waals surface area contributed by atoms with E-state index in [2.05, 4.69) is 5.32 Å². The maximum atomic E-state index is 12.8. The first kappa shape index (κ1) is 16.2. The van der Waals surface area contributed by atoms with E-state index in [1.807, 2.05) is 6.92 Å². The molecule has 1 aromatic rings. The van der Waals surface area contributed by atoms with Crippen molar-refractivity contribution in [1.82, 2.24) is 5.32 Å². The molecule has 3 atom stereocenters. The Bertz CT molecular complexity index is 533. The van der Waals surface area contributed by atoms with Crippen LogP contribution in [-0.4, -0.2) is 42.3 Å². The van der Waals surface area contributed by atoms with Crippen LogP contribution in [-0.2, 0) is 14.3 Å². The largest absolute Gasteiger partial charge is 0.478 e. The highest BCUT2D eigenvalue weighted by molar-refractivity contribution is 5.83. The van der Waals surface area contributed by atoms with Gasteiger partial charge >= 0.3 is 5.97 Å². The van der Waals surface area contributed by atoms with Crippen LogP contribution in [0.25, 0.3) is 0 Å². The highest BCUT2D eigenvalue weighted by atomic mass is 19.1. The number of aliphatic carboxylic acids is 1. The smallest absolute Gasteiger partial charge is 0.346 e. The molecule has 2 rings (SSSR count). The van der Waals surface area contributed by atoms with Crippen molar-refractivity contribution in [3.8, 4) is 5.75 Å². The number of hydrogen-bond donors (Lipinski definition) is 2. The van der Waals surface area contributed by atoms with Gasteiger partial charge in [-0.25, -0.2) is 9.18 Å². The van der Waals surface area contributed by atoms with E-state index in [1.165, 1.54) is 24.3 Å². The van der Waals surface area contributed by atoms with Crippen molar-refractivity contribution in [3.63, 3.8) is 0 Å². The van der Waals surface area contributed by atoms with Crippen molar-refractivity contribution in [1.29, 1.82) is 0 Å². The summed E-state index contributed by atoms with van der Waals surface area (Å²) in [7, 11) is 0. The molecule has 0 saturated heterocycles. The Morgan fingerprint density at radius 3 is 2.68 bits per heavy atom. The molecule has 120 valence electrons. The number of hydrogen-bond acceptors (Lipinski definition) is 4. The molecule has 6 nitrogen and oxygen atoms in total. The zero-order chi connectivity index (χ0) is 16.1.